The fraction of sp³-hybridized carbons (Fsp3) is 0.143. The highest BCUT2D eigenvalue weighted by molar-refractivity contribution is 9.10. The Morgan fingerprint density at radius 3 is 2.58 bits per heavy atom. The van der Waals surface area contributed by atoms with E-state index in [1.807, 2.05) is 25.1 Å². The Morgan fingerprint density at radius 1 is 1.16 bits per heavy atom. The Balaban J connectivity index is 2.14. The molecule has 2 rings (SSSR count). The van der Waals surface area contributed by atoms with Gasteiger partial charge in [-0.3, -0.25) is 0 Å². The van der Waals surface area contributed by atoms with Crippen molar-refractivity contribution < 1.29 is 8.78 Å². The third kappa shape index (κ3) is 3.45. The van der Waals surface area contributed by atoms with Gasteiger partial charge in [-0.1, -0.05) is 23.7 Å². The van der Waals surface area contributed by atoms with Crippen LogP contribution in [0.15, 0.2) is 34.8 Å². The number of anilines is 1. The van der Waals surface area contributed by atoms with Gasteiger partial charge in [-0.25, -0.2) is 8.78 Å². The van der Waals surface area contributed by atoms with Crippen molar-refractivity contribution in [2.75, 3.05) is 5.32 Å². The Bertz CT molecular complexity index is 617. The summed E-state index contributed by atoms with van der Waals surface area (Å²) in [5.41, 5.74) is 2.15. The number of nitrogens with one attached hydrogen (secondary N) is 1. The highest BCUT2D eigenvalue weighted by atomic mass is 79.9. The van der Waals surface area contributed by atoms with Gasteiger partial charge in [0.2, 0.25) is 0 Å². The van der Waals surface area contributed by atoms with Crippen molar-refractivity contribution in [3.63, 3.8) is 0 Å². The van der Waals surface area contributed by atoms with Crippen molar-refractivity contribution in [2.24, 2.45) is 0 Å². The molecule has 1 N–H and O–H groups in total. The van der Waals surface area contributed by atoms with Crippen LogP contribution in [0.2, 0.25) is 5.02 Å². The van der Waals surface area contributed by atoms with Crippen LogP contribution in [0, 0.1) is 18.6 Å². The lowest BCUT2D eigenvalue weighted by atomic mass is 10.1. The zero-order chi connectivity index (χ0) is 14.0. The highest BCUT2D eigenvalue weighted by Crippen LogP contribution is 2.24. The van der Waals surface area contributed by atoms with Crippen molar-refractivity contribution in [1.82, 2.24) is 0 Å². The van der Waals surface area contributed by atoms with Crippen molar-refractivity contribution >= 4 is 33.2 Å². The first-order valence-electron chi connectivity index (χ1n) is 5.61. The second kappa shape index (κ2) is 5.88. The Kier molecular flexibility index (Phi) is 4.42. The maximum absolute atomic E-state index is 13.5. The van der Waals surface area contributed by atoms with Gasteiger partial charge in [0.1, 0.15) is 11.6 Å². The average Bonchev–Trinajstić information content (AvgIpc) is 2.36. The van der Waals surface area contributed by atoms with Crippen molar-refractivity contribution in [3.05, 3.63) is 62.6 Å². The standard InChI is InChI=1S/C14H11BrClF2N/c1-8-2-3-9(4-11(8)16)7-19-14-5-10(15)12(17)6-13(14)18/h2-6,19H,7H2,1H3. The maximum atomic E-state index is 13.5. The van der Waals surface area contributed by atoms with Gasteiger partial charge in [-0.05, 0) is 46.1 Å². The Labute approximate surface area is 123 Å². The predicted octanol–water partition coefficient (Wildman–Crippen LogP) is 5.30. The largest absolute Gasteiger partial charge is 0.379 e. The first kappa shape index (κ1) is 14.3. The summed E-state index contributed by atoms with van der Waals surface area (Å²) >= 11 is 9.04. The molecule has 0 bridgehead atoms. The molecule has 0 atom stereocenters. The highest BCUT2D eigenvalue weighted by Gasteiger charge is 2.08. The first-order chi connectivity index (χ1) is 8.97. The van der Waals surface area contributed by atoms with E-state index in [1.54, 1.807) is 0 Å². The van der Waals surface area contributed by atoms with Crippen LogP contribution < -0.4 is 5.32 Å². The minimum Gasteiger partial charge on any atom is -0.379 e. The van der Waals surface area contributed by atoms with Gasteiger partial charge < -0.3 is 5.32 Å². The van der Waals surface area contributed by atoms with Crippen LogP contribution in [0.4, 0.5) is 14.5 Å². The van der Waals surface area contributed by atoms with Crippen LogP contribution in [-0.2, 0) is 6.54 Å². The van der Waals surface area contributed by atoms with E-state index in [4.69, 9.17) is 11.6 Å². The lowest BCUT2D eigenvalue weighted by Crippen LogP contribution is -2.02. The molecule has 0 aliphatic rings. The lowest BCUT2D eigenvalue weighted by Gasteiger charge is -2.09. The predicted molar refractivity (Wildman–Crippen MR) is 77.6 cm³/mol. The summed E-state index contributed by atoms with van der Waals surface area (Å²) in [5.74, 6) is -1.25. The van der Waals surface area contributed by atoms with Crippen LogP contribution >= 0.6 is 27.5 Å². The van der Waals surface area contributed by atoms with E-state index in [0.717, 1.165) is 17.2 Å². The smallest absolute Gasteiger partial charge is 0.149 e. The maximum Gasteiger partial charge on any atom is 0.149 e. The number of hydrogen-bond donors (Lipinski definition) is 1. The summed E-state index contributed by atoms with van der Waals surface area (Å²) in [6, 6.07) is 7.84. The van der Waals surface area contributed by atoms with Gasteiger partial charge in [0, 0.05) is 17.6 Å². The van der Waals surface area contributed by atoms with E-state index < -0.39 is 11.6 Å². The molecule has 2 aromatic rings. The molecular weight excluding hydrogens is 336 g/mol. The molecule has 5 heteroatoms. The SMILES string of the molecule is Cc1ccc(CNc2cc(Br)c(F)cc2F)cc1Cl. The molecule has 0 fully saturated rings. The van der Waals surface area contributed by atoms with Crippen LogP contribution in [-0.4, -0.2) is 0 Å². The molecule has 19 heavy (non-hydrogen) atoms. The fourth-order valence-electron chi connectivity index (χ4n) is 1.60. The molecule has 100 valence electrons. The van der Waals surface area contributed by atoms with Gasteiger partial charge in [-0.15, -0.1) is 0 Å². The second-order valence-electron chi connectivity index (χ2n) is 4.18. The summed E-state index contributed by atoms with van der Waals surface area (Å²) in [5, 5.41) is 3.58. The van der Waals surface area contributed by atoms with Crippen LogP contribution in [0.25, 0.3) is 0 Å². The van der Waals surface area contributed by atoms with Gasteiger partial charge in [-0.2, -0.15) is 0 Å². The normalized spacial score (nSPS) is 10.6. The van der Waals surface area contributed by atoms with Crippen LogP contribution in [0.3, 0.4) is 0 Å². The van der Waals surface area contributed by atoms with Gasteiger partial charge in [0.05, 0.1) is 10.2 Å². The molecular formula is C14H11BrClF2N. The Hall–Kier alpha value is -1.13. The zero-order valence-electron chi connectivity index (χ0n) is 10.1. The molecule has 0 radical (unpaired) electrons. The molecule has 0 spiro atoms. The minimum atomic E-state index is -0.626. The second-order valence-corrected chi connectivity index (χ2v) is 5.44. The fourth-order valence-corrected chi connectivity index (χ4v) is 2.15. The molecule has 2 aromatic carbocycles. The topological polar surface area (TPSA) is 12.0 Å². The van der Waals surface area contributed by atoms with Gasteiger partial charge in [0.25, 0.3) is 0 Å². The summed E-state index contributed by atoms with van der Waals surface area (Å²) in [7, 11) is 0. The Morgan fingerprint density at radius 2 is 1.89 bits per heavy atom. The van der Waals surface area contributed by atoms with E-state index in [1.165, 1.54) is 6.07 Å². The van der Waals surface area contributed by atoms with Gasteiger partial charge >= 0.3 is 0 Å². The summed E-state index contributed by atoms with van der Waals surface area (Å²) in [4.78, 5) is 0. The third-order valence-corrected chi connectivity index (χ3v) is 3.74. The number of benzene rings is 2. The van der Waals surface area contributed by atoms with Crippen LogP contribution in [0.1, 0.15) is 11.1 Å². The molecule has 0 aliphatic carbocycles. The number of rotatable bonds is 3. The quantitative estimate of drug-likeness (QED) is 0.744. The average molecular weight is 347 g/mol. The lowest BCUT2D eigenvalue weighted by molar-refractivity contribution is 0.580. The van der Waals surface area contributed by atoms with Gasteiger partial charge in [0.15, 0.2) is 0 Å². The number of aryl methyl sites for hydroxylation is 1. The van der Waals surface area contributed by atoms with E-state index in [9.17, 15) is 8.78 Å². The zero-order valence-corrected chi connectivity index (χ0v) is 12.4. The third-order valence-electron chi connectivity index (χ3n) is 2.73. The molecule has 0 aromatic heterocycles. The minimum absolute atomic E-state index is 0.221. The number of halogens is 4. The van der Waals surface area contributed by atoms with E-state index in [0.29, 0.717) is 11.6 Å². The van der Waals surface area contributed by atoms with Crippen molar-refractivity contribution in [3.8, 4) is 0 Å². The molecule has 0 amide bonds. The molecule has 1 nitrogen and oxygen atoms in total. The number of hydrogen-bond acceptors (Lipinski definition) is 1. The van der Waals surface area contributed by atoms with E-state index >= 15 is 0 Å². The first-order valence-corrected chi connectivity index (χ1v) is 6.78. The van der Waals surface area contributed by atoms with E-state index in [2.05, 4.69) is 21.2 Å². The molecule has 0 unspecified atom stereocenters. The summed E-state index contributed by atoms with van der Waals surface area (Å²) in [6.45, 7) is 2.32. The molecule has 0 heterocycles. The summed E-state index contributed by atoms with van der Waals surface area (Å²) in [6.07, 6.45) is 0. The summed E-state index contributed by atoms with van der Waals surface area (Å²) < 4.78 is 26.8. The van der Waals surface area contributed by atoms with E-state index in [-0.39, 0.29) is 10.2 Å². The van der Waals surface area contributed by atoms with Crippen molar-refractivity contribution in [1.29, 1.82) is 0 Å². The molecule has 0 saturated heterocycles. The monoisotopic (exact) mass is 345 g/mol. The molecule has 0 aliphatic heterocycles. The van der Waals surface area contributed by atoms with Crippen molar-refractivity contribution in [2.45, 2.75) is 13.5 Å². The molecule has 0 saturated carbocycles. The van der Waals surface area contributed by atoms with Crippen LogP contribution in [0.5, 0.6) is 0 Å².